The first kappa shape index (κ1) is 11.7. The number of nitrogens with one attached hydrogen (secondary N) is 1. The van der Waals surface area contributed by atoms with Gasteiger partial charge in [0.2, 0.25) is 6.04 Å². The van der Waals surface area contributed by atoms with Crippen molar-refractivity contribution in [2.45, 2.75) is 26.4 Å². The van der Waals surface area contributed by atoms with Gasteiger partial charge in [-0.1, -0.05) is 29.8 Å². The first-order valence-corrected chi connectivity index (χ1v) is 4.99. The van der Waals surface area contributed by atoms with E-state index in [-0.39, 0.29) is 4.92 Å². The minimum atomic E-state index is -0.532. The lowest BCUT2D eigenvalue weighted by Gasteiger charge is -2.06. The van der Waals surface area contributed by atoms with Crippen LogP contribution in [-0.4, -0.2) is 17.5 Å². The minimum absolute atomic E-state index is 0.276. The highest BCUT2D eigenvalue weighted by molar-refractivity contribution is 5.20. The first-order chi connectivity index (χ1) is 7.09. The normalized spacial score (nSPS) is 12.4. The lowest BCUT2D eigenvalue weighted by molar-refractivity contribution is -0.515. The van der Waals surface area contributed by atoms with E-state index in [0.717, 1.165) is 5.56 Å². The molecule has 1 aromatic rings. The molecule has 1 rings (SSSR count). The third kappa shape index (κ3) is 4.08. The van der Waals surface area contributed by atoms with Gasteiger partial charge in [0, 0.05) is 18.4 Å². The van der Waals surface area contributed by atoms with Crippen molar-refractivity contribution in [2.24, 2.45) is 0 Å². The van der Waals surface area contributed by atoms with E-state index in [2.05, 4.69) is 5.32 Å². The molecule has 0 amide bonds. The lowest BCUT2D eigenvalue weighted by atomic mass is 10.1. The average Bonchev–Trinajstić information content (AvgIpc) is 2.20. The van der Waals surface area contributed by atoms with Crippen molar-refractivity contribution in [3.8, 4) is 0 Å². The molecule has 0 aromatic heterocycles. The molecule has 0 saturated carbocycles. The van der Waals surface area contributed by atoms with Crippen molar-refractivity contribution in [1.82, 2.24) is 5.32 Å². The number of rotatable bonds is 5. The molecule has 1 aromatic carbocycles. The second kappa shape index (κ2) is 5.46. The Morgan fingerprint density at radius 3 is 2.53 bits per heavy atom. The number of nitro groups is 1. The van der Waals surface area contributed by atoms with E-state index in [4.69, 9.17) is 0 Å². The monoisotopic (exact) mass is 208 g/mol. The number of benzene rings is 1. The molecule has 1 N–H and O–H groups in total. The van der Waals surface area contributed by atoms with Crippen molar-refractivity contribution in [3.63, 3.8) is 0 Å². The Balaban J connectivity index is 2.32. The maximum Gasteiger partial charge on any atom is 0.222 e. The summed E-state index contributed by atoms with van der Waals surface area (Å²) in [6.07, 6.45) is 0. The molecule has 0 aliphatic rings. The molecule has 1 unspecified atom stereocenters. The van der Waals surface area contributed by atoms with Crippen LogP contribution in [0.2, 0.25) is 0 Å². The fraction of sp³-hybridized carbons (Fsp3) is 0.455. The molecule has 4 nitrogen and oxygen atoms in total. The zero-order chi connectivity index (χ0) is 11.3. The number of hydrogen-bond acceptors (Lipinski definition) is 3. The van der Waals surface area contributed by atoms with Crippen molar-refractivity contribution in [1.29, 1.82) is 0 Å². The van der Waals surface area contributed by atoms with Crippen molar-refractivity contribution in [2.75, 3.05) is 6.54 Å². The molecular formula is C11H16N2O2. The average molecular weight is 208 g/mol. The van der Waals surface area contributed by atoms with E-state index in [9.17, 15) is 10.1 Å². The summed E-state index contributed by atoms with van der Waals surface area (Å²) in [5.74, 6) is 0. The second-order valence-corrected chi connectivity index (χ2v) is 3.75. The highest BCUT2D eigenvalue weighted by Crippen LogP contribution is 2.02. The van der Waals surface area contributed by atoms with E-state index in [1.807, 2.05) is 31.2 Å². The SMILES string of the molecule is Cc1ccc(CNCC(C)[N+](=O)[O-])cc1. The Morgan fingerprint density at radius 2 is 2.00 bits per heavy atom. The Kier molecular flexibility index (Phi) is 4.24. The van der Waals surface area contributed by atoms with Crippen LogP contribution < -0.4 is 5.32 Å². The van der Waals surface area contributed by atoms with E-state index in [1.165, 1.54) is 5.56 Å². The molecule has 0 fully saturated rings. The van der Waals surface area contributed by atoms with Crippen molar-refractivity contribution >= 4 is 0 Å². The smallest absolute Gasteiger partial charge is 0.222 e. The Morgan fingerprint density at radius 1 is 1.40 bits per heavy atom. The third-order valence-electron chi connectivity index (χ3n) is 2.25. The molecule has 1 atom stereocenters. The molecule has 4 heteroatoms. The molecule has 0 aliphatic heterocycles. The summed E-state index contributed by atoms with van der Waals surface area (Å²) < 4.78 is 0. The highest BCUT2D eigenvalue weighted by Gasteiger charge is 2.10. The fourth-order valence-corrected chi connectivity index (χ4v) is 1.21. The maximum atomic E-state index is 10.4. The van der Waals surface area contributed by atoms with Gasteiger partial charge in [-0.3, -0.25) is 10.1 Å². The molecule has 0 spiro atoms. The van der Waals surface area contributed by atoms with Gasteiger partial charge in [0.05, 0.1) is 6.54 Å². The highest BCUT2D eigenvalue weighted by atomic mass is 16.6. The molecule has 15 heavy (non-hydrogen) atoms. The Hall–Kier alpha value is -1.42. The molecule has 0 saturated heterocycles. The van der Waals surface area contributed by atoms with Crippen molar-refractivity contribution < 1.29 is 4.92 Å². The zero-order valence-corrected chi connectivity index (χ0v) is 9.06. The van der Waals surface area contributed by atoms with Gasteiger partial charge in [0.25, 0.3) is 0 Å². The zero-order valence-electron chi connectivity index (χ0n) is 9.06. The number of nitrogens with zero attached hydrogens (tertiary/aromatic N) is 1. The van der Waals surface area contributed by atoms with Crippen LogP contribution in [0.25, 0.3) is 0 Å². The summed E-state index contributed by atoms with van der Waals surface area (Å²) in [7, 11) is 0. The van der Waals surface area contributed by atoms with Gasteiger partial charge < -0.3 is 5.32 Å². The molecular weight excluding hydrogens is 192 g/mol. The Bertz CT molecular complexity index is 322. The first-order valence-electron chi connectivity index (χ1n) is 4.99. The summed E-state index contributed by atoms with van der Waals surface area (Å²) in [4.78, 5) is 10.1. The van der Waals surface area contributed by atoms with E-state index in [0.29, 0.717) is 13.1 Å². The van der Waals surface area contributed by atoms with Crippen LogP contribution >= 0.6 is 0 Å². The van der Waals surface area contributed by atoms with Gasteiger partial charge in [0.15, 0.2) is 0 Å². The van der Waals surface area contributed by atoms with Crippen LogP contribution in [0, 0.1) is 17.0 Å². The van der Waals surface area contributed by atoms with Gasteiger partial charge in [0.1, 0.15) is 0 Å². The number of aryl methyl sites for hydroxylation is 1. The van der Waals surface area contributed by atoms with Crippen LogP contribution in [0.15, 0.2) is 24.3 Å². The minimum Gasteiger partial charge on any atom is -0.306 e. The summed E-state index contributed by atoms with van der Waals surface area (Å²) in [5, 5.41) is 13.4. The quantitative estimate of drug-likeness (QED) is 0.592. The largest absolute Gasteiger partial charge is 0.306 e. The molecule has 0 heterocycles. The van der Waals surface area contributed by atoms with Gasteiger partial charge in [-0.25, -0.2) is 0 Å². The van der Waals surface area contributed by atoms with Crippen LogP contribution in [0.4, 0.5) is 0 Å². The fourth-order valence-electron chi connectivity index (χ4n) is 1.21. The summed E-state index contributed by atoms with van der Waals surface area (Å²) in [5.41, 5.74) is 2.37. The standard InChI is InChI=1S/C11H16N2O2/c1-9-3-5-11(6-4-9)8-12-7-10(2)13(14)15/h3-6,10,12H,7-8H2,1-2H3. The van der Waals surface area contributed by atoms with Crippen LogP contribution in [0.3, 0.4) is 0 Å². The lowest BCUT2D eigenvalue weighted by Crippen LogP contribution is -2.30. The van der Waals surface area contributed by atoms with E-state index < -0.39 is 6.04 Å². The van der Waals surface area contributed by atoms with Crippen molar-refractivity contribution in [3.05, 3.63) is 45.5 Å². The predicted octanol–water partition coefficient (Wildman–Crippen LogP) is 1.75. The van der Waals surface area contributed by atoms with Crippen LogP contribution in [0.5, 0.6) is 0 Å². The Labute approximate surface area is 89.5 Å². The van der Waals surface area contributed by atoms with Gasteiger partial charge in [-0.2, -0.15) is 0 Å². The van der Waals surface area contributed by atoms with Crippen LogP contribution in [-0.2, 0) is 6.54 Å². The molecule has 0 radical (unpaired) electrons. The van der Waals surface area contributed by atoms with Gasteiger partial charge in [-0.15, -0.1) is 0 Å². The van der Waals surface area contributed by atoms with E-state index >= 15 is 0 Å². The van der Waals surface area contributed by atoms with E-state index in [1.54, 1.807) is 6.92 Å². The molecule has 82 valence electrons. The number of hydrogen-bond donors (Lipinski definition) is 1. The topological polar surface area (TPSA) is 55.2 Å². The third-order valence-corrected chi connectivity index (χ3v) is 2.25. The predicted molar refractivity (Wildman–Crippen MR) is 59.3 cm³/mol. The van der Waals surface area contributed by atoms with Gasteiger partial charge >= 0.3 is 0 Å². The van der Waals surface area contributed by atoms with Gasteiger partial charge in [-0.05, 0) is 12.5 Å². The molecule has 0 aliphatic carbocycles. The summed E-state index contributed by atoms with van der Waals surface area (Å²) >= 11 is 0. The summed E-state index contributed by atoms with van der Waals surface area (Å²) in [6, 6.07) is 7.59. The second-order valence-electron chi connectivity index (χ2n) is 3.75. The molecule has 0 bridgehead atoms. The maximum absolute atomic E-state index is 10.4. The summed E-state index contributed by atoms with van der Waals surface area (Å²) in [6.45, 7) is 4.72. The van der Waals surface area contributed by atoms with Crippen LogP contribution in [0.1, 0.15) is 18.1 Å².